The van der Waals surface area contributed by atoms with E-state index in [2.05, 4.69) is 10.3 Å². The molecule has 0 radical (unpaired) electrons. The number of ether oxygens (including phenoxy) is 1. The van der Waals surface area contributed by atoms with E-state index in [1.54, 1.807) is 17.0 Å². The van der Waals surface area contributed by atoms with Gasteiger partial charge < -0.3 is 14.6 Å². The van der Waals surface area contributed by atoms with Crippen molar-refractivity contribution in [3.8, 4) is 0 Å². The molecule has 0 bridgehead atoms. The van der Waals surface area contributed by atoms with Gasteiger partial charge in [0.25, 0.3) is 5.56 Å². The standard InChI is InChI=1S/C9H13N3O2/c13-9-6-10-1-3-12(9)7-8-5-11-2-4-14-8/h1,3,6,8,11H,2,4-5,7H2. The van der Waals surface area contributed by atoms with Crippen LogP contribution in [-0.4, -0.2) is 35.4 Å². The van der Waals surface area contributed by atoms with Gasteiger partial charge in [0, 0.05) is 25.5 Å². The number of aromatic nitrogens is 2. The lowest BCUT2D eigenvalue weighted by atomic mass is 10.3. The highest BCUT2D eigenvalue weighted by Gasteiger charge is 2.13. The van der Waals surface area contributed by atoms with Crippen LogP contribution in [0.1, 0.15) is 0 Å². The molecule has 0 saturated carbocycles. The second kappa shape index (κ2) is 4.34. The summed E-state index contributed by atoms with van der Waals surface area (Å²) in [7, 11) is 0. The van der Waals surface area contributed by atoms with Crippen LogP contribution in [0.5, 0.6) is 0 Å². The summed E-state index contributed by atoms with van der Waals surface area (Å²) in [5.74, 6) is 0. The van der Waals surface area contributed by atoms with Gasteiger partial charge in [-0.05, 0) is 0 Å². The molecule has 1 saturated heterocycles. The van der Waals surface area contributed by atoms with Crippen LogP contribution in [0, 0.1) is 0 Å². The lowest BCUT2D eigenvalue weighted by Gasteiger charge is -2.23. The van der Waals surface area contributed by atoms with E-state index in [1.165, 1.54) is 6.20 Å². The van der Waals surface area contributed by atoms with Crippen LogP contribution >= 0.6 is 0 Å². The van der Waals surface area contributed by atoms with Gasteiger partial charge in [-0.3, -0.25) is 9.78 Å². The Hall–Kier alpha value is -1.20. The molecular weight excluding hydrogens is 182 g/mol. The zero-order valence-electron chi connectivity index (χ0n) is 7.85. The van der Waals surface area contributed by atoms with Crippen molar-refractivity contribution in [2.75, 3.05) is 19.7 Å². The number of rotatable bonds is 2. The molecule has 14 heavy (non-hydrogen) atoms. The minimum Gasteiger partial charge on any atom is -0.374 e. The summed E-state index contributed by atoms with van der Waals surface area (Å²) in [5, 5.41) is 3.22. The Bertz CT molecular complexity index is 344. The van der Waals surface area contributed by atoms with Crippen LogP contribution in [0.15, 0.2) is 23.4 Å². The van der Waals surface area contributed by atoms with E-state index in [0.717, 1.165) is 13.1 Å². The highest BCUT2D eigenvalue weighted by molar-refractivity contribution is 4.82. The summed E-state index contributed by atoms with van der Waals surface area (Å²) in [6.45, 7) is 3.00. The Labute approximate surface area is 81.7 Å². The highest BCUT2D eigenvalue weighted by atomic mass is 16.5. The van der Waals surface area contributed by atoms with Crippen molar-refractivity contribution in [3.05, 3.63) is 28.9 Å². The molecule has 2 heterocycles. The van der Waals surface area contributed by atoms with Crippen molar-refractivity contribution in [3.63, 3.8) is 0 Å². The number of hydrogen-bond acceptors (Lipinski definition) is 4. The molecule has 1 aromatic heterocycles. The highest BCUT2D eigenvalue weighted by Crippen LogP contribution is 1.97. The minimum atomic E-state index is -0.0818. The Kier molecular flexibility index (Phi) is 2.90. The van der Waals surface area contributed by atoms with Crippen LogP contribution in [0.25, 0.3) is 0 Å². The first kappa shape index (κ1) is 9.36. The Balaban J connectivity index is 2.03. The molecule has 0 aliphatic carbocycles. The van der Waals surface area contributed by atoms with Gasteiger partial charge in [0.15, 0.2) is 0 Å². The van der Waals surface area contributed by atoms with Crippen molar-refractivity contribution in [1.29, 1.82) is 0 Å². The number of morpholine rings is 1. The largest absolute Gasteiger partial charge is 0.374 e. The summed E-state index contributed by atoms with van der Waals surface area (Å²) in [6.07, 6.45) is 4.69. The molecule has 1 aliphatic heterocycles. The molecule has 1 aliphatic rings. The van der Waals surface area contributed by atoms with Gasteiger partial charge in [0.05, 0.1) is 25.5 Å². The third-order valence-electron chi connectivity index (χ3n) is 2.21. The van der Waals surface area contributed by atoms with Crippen molar-refractivity contribution in [1.82, 2.24) is 14.9 Å². The summed E-state index contributed by atoms with van der Waals surface area (Å²) in [6, 6.07) is 0. The van der Waals surface area contributed by atoms with Gasteiger partial charge in [-0.15, -0.1) is 0 Å². The predicted octanol–water partition coefficient (Wildman–Crippen LogP) is -0.768. The van der Waals surface area contributed by atoms with Crippen LogP contribution in [0.4, 0.5) is 0 Å². The molecular formula is C9H13N3O2. The zero-order chi connectivity index (χ0) is 9.80. The molecule has 1 fully saturated rings. The topological polar surface area (TPSA) is 56.2 Å². The van der Waals surface area contributed by atoms with Crippen LogP contribution in [-0.2, 0) is 11.3 Å². The van der Waals surface area contributed by atoms with E-state index in [-0.39, 0.29) is 11.7 Å². The first-order chi connectivity index (χ1) is 6.86. The van der Waals surface area contributed by atoms with E-state index in [9.17, 15) is 4.79 Å². The van der Waals surface area contributed by atoms with Gasteiger partial charge in [-0.1, -0.05) is 0 Å². The van der Waals surface area contributed by atoms with Crippen molar-refractivity contribution < 1.29 is 4.74 Å². The maximum Gasteiger partial charge on any atom is 0.269 e. The normalized spacial score (nSPS) is 22.1. The maximum atomic E-state index is 11.3. The van der Waals surface area contributed by atoms with Crippen LogP contribution < -0.4 is 10.9 Å². The van der Waals surface area contributed by atoms with Gasteiger partial charge in [-0.2, -0.15) is 0 Å². The molecule has 1 atom stereocenters. The molecule has 0 aromatic carbocycles. The van der Waals surface area contributed by atoms with E-state index >= 15 is 0 Å². The molecule has 5 nitrogen and oxygen atoms in total. The van der Waals surface area contributed by atoms with E-state index in [1.807, 2.05) is 0 Å². The van der Waals surface area contributed by atoms with E-state index in [0.29, 0.717) is 13.2 Å². The van der Waals surface area contributed by atoms with Gasteiger partial charge in [-0.25, -0.2) is 0 Å². The van der Waals surface area contributed by atoms with Crippen molar-refractivity contribution >= 4 is 0 Å². The molecule has 0 amide bonds. The molecule has 1 unspecified atom stereocenters. The first-order valence-electron chi connectivity index (χ1n) is 4.69. The Morgan fingerprint density at radius 1 is 1.71 bits per heavy atom. The quantitative estimate of drug-likeness (QED) is 0.673. The Morgan fingerprint density at radius 3 is 3.36 bits per heavy atom. The average molecular weight is 195 g/mol. The SMILES string of the molecule is O=c1cnccn1CC1CNCCO1. The molecule has 2 rings (SSSR count). The third kappa shape index (κ3) is 2.18. The fourth-order valence-electron chi connectivity index (χ4n) is 1.48. The van der Waals surface area contributed by atoms with Gasteiger partial charge in [0.2, 0.25) is 0 Å². The van der Waals surface area contributed by atoms with Gasteiger partial charge >= 0.3 is 0 Å². The number of hydrogen-bond donors (Lipinski definition) is 1. The molecule has 1 aromatic rings. The summed E-state index contributed by atoms with van der Waals surface area (Å²) >= 11 is 0. The molecule has 76 valence electrons. The predicted molar refractivity (Wildman–Crippen MR) is 51.1 cm³/mol. The fraction of sp³-hybridized carbons (Fsp3) is 0.556. The average Bonchev–Trinajstić information content (AvgIpc) is 2.23. The third-order valence-corrected chi connectivity index (χ3v) is 2.21. The summed E-state index contributed by atoms with van der Waals surface area (Å²) in [4.78, 5) is 15.1. The van der Waals surface area contributed by atoms with Crippen molar-refractivity contribution in [2.45, 2.75) is 12.6 Å². The maximum absolute atomic E-state index is 11.3. The lowest BCUT2D eigenvalue weighted by molar-refractivity contribution is 0.0176. The Morgan fingerprint density at radius 2 is 2.64 bits per heavy atom. The van der Waals surface area contributed by atoms with E-state index in [4.69, 9.17) is 4.74 Å². The van der Waals surface area contributed by atoms with Gasteiger partial charge in [0.1, 0.15) is 0 Å². The minimum absolute atomic E-state index is 0.0818. The van der Waals surface area contributed by atoms with Crippen molar-refractivity contribution in [2.24, 2.45) is 0 Å². The number of nitrogens with zero attached hydrogens (tertiary/aromatic N) is 2. The number of nitrogens with one attached hydrogen (secondary N) is 1. The molecule has 1 N–H and O–H groups in total. The molecule has 5 heteroatoms. The second-order valence-corrected chi connectivity index (χ2v) is 3.26. The second-order valence-electron chi connectivity index (χ2n) is 3.26. The van der Waals surface area contributed by atoms with E-state index < -0.39 is 0 Å². The van der Waals surface area contributed by atoms with Crippen LogP contribution in [0.2, 0.25) is 0 Å². The summed E-state index contributed by atoms with van der Waals surface area (Å²) < 4.78 is 7.11. The smallest absolute Gasteiger partial charge is 0.269 e. The lowest BCUT2D eigenvalue weighted by Crippen LogP contribution is -2.42. The zero-order valence-corrected chi connectivity index (χ0v) is 7.85. The molecule has 0 spiro atoms. The summed E-state index contributed by atoms with van der Waals surface area (Å²) in [5.41, 5.74) is -0.0818. The monoisotopic (exact) mass is 195 g/mol. The van der Waals surface area contributed by atoms with Crippen LogP contribution in [0.3, 0.4) is 0 Å². The fourth-order valence-corrected chi connectivity index (χ4v) is 1.48. The first-order valence-corrected chi connectivity index (χ1v) is 4.69.